The van der Waals surface area contributed by atoms with Gasteiger partial charge in [0.2, 0.25) is 0 Å². The first-order valence-corrected chi connectivity index (χ1v) is 5.80. The summed E-state index contributed by atoms with van der Waals surface area (Å²) in [6.07, 6.45) is 2.44. The molecule has 5 heteroatoms. The van der Waals surface area contributed by atoms with E-state index in [0.29, 0.717) is 23.5 Å². The molecule has 0 bridgehead atoms. The monoisotopic (exact) mass is 257 g/mol. The molecule has 2 rings (SSSR count). The minimum atomic E-state index is -0.236. The molecule has 0 aliphatic heterocycles. The Kier molecular flexibility index (Phi) is 3.10. The Bertz CT molecular complexity index is 444. The van der Waals surface area contributed by atoms with Crippen molar-refractivity contribution in [3.05, 3.63) is 16.7 Å². The predicted molar refractivity (Wildman–Crippen MR) is 66.1 cm³/mol. The average Bonchev–Trinajstić information content (AvgIpc) is 3.02. The van der Waals surface area contributed by atoms with E-state index in [1.807, 2.05) is 0 Å². The SMILES string of the molecule is COc1cc(Cl)c(O)c(CC2(N)CC2)c1OC. The van der Waals surface area contributed by atoms with Gasteiger partial charge in [-0.1, -0.05) is 11.6 Å². The third kappa shape index (κ3) is 2.28. The van der Waals surface area contributed by atoms with Gasteiger partial charge >= 0.3 is 0 Å². The fraction of sp³-hybridized carbons (Fsp3) is 0.500. The molecule has 1 fully saturated rings. The van der Waals surface area contributed by atoms with Gasteiger partial charge in [0.15, 0.2) is 11.5 Å². The highest BCUT2D eigenvalue weighted by Crippen LogP contribution is 2.46. The molecule has 0 unspecified atom stereocenters. The molecular formula is C12H16ClNO3. The number of halogens is 1. The predicted octanol–water partition coefficient (Wildman–Crippen LogP) is 2.10. The summed E-state index contributed by atoms with van der Waals surface area (Å²) in [5.41, 5.74) is 6.45. The van der Waals surface area contributed by atoms with E-state index in [-0.39, 0.29) is 16.3 Å². The van der Waals surface area contributed by atoms with E-state index in [9.17, 15) is 5.11 Å². The van der Waals surface area contributed by atoms with E-state index >= 15 is 0 Å². The van der Waals surface area contributed by atoms with Crippen LogP contribution in [-0.2, 0) is 6.42 Å². The van der Waals surface area contributed by atoms with Gasteiger partial charge in [0.25, 0.3) is 0 Å². The average molecular weight is 258 g/mol. The van der Waals surface area contributed by atoms with Crippen LogP contribution in [0.2, 0.25) is 5.02 Å². The molecule has 0 radical (unpaired) electrons. The van der Waals surface area contributed by atoms with Crippen molar-refractivity contribution in [2.75, 3.05) is 14.2 Å². The van der Waals surface area contributed by atoms with Gasteiger partial charge in [-0.3, -0.25) is 0 Å². The minimum absolute atomic E-state index is 0.0287. The Balaban J connectivity index is 2.48. The van der Waals surface area contributed by atoms with Crippen LogP contribution in [0.5, 0.6) is 17.2 Å². The fourth-order valence-electron chi connectivity index (χ4n) is 1.88. The van der Waals surface area contributed by atoms with Crippen molar-refractivity contribution in [3.63, 3.8) is 0 Å². The van der Waals surface area contributed by atoms with Gasteiger partial charge < -0.3 is 20.3 Å². The van der Waals surface area contributed by atoms with Crippen LogP contribution in [0.3, 0.4) is 0 Å². The smallest absolute Gasteiger partial charge is 0.167 e. The summed E-state index contributed by atoms with van der Waals surface area (Å²) in [6, 6.07) is 1.54. The molecule has 3 N–H and O–H groups in total. The third-order valence-corrected chi connectivity index (χ3v) is 3.40. The fourth-order valence-corrected chi connectivity index (χ4v) is 2.09. The Labute approximate surface area is 105 Å². The number of benzene rings is 1. The molecule has 0 saturated heterocycles. The number of phenolic OH excluding ortho intramolecular Hbond substituents is 1. The summed E-state index contributed by atoms with van der Waals surface area (Å²) >= 11 is 5.95. The van der Waals surface area contributed by atoms with Crippen molar-refractivity contribution < 1.29 is 14.6 Å². The number of aromatic hydroxyl groups is 1. The molecule has 0 amide bonds. The van der Waals surface area contributed by atoms with Crippen LogP contribution in [0.4, 0.5) is 0 Å². The number of nitrogens with two attached hydrogens (primary N) is 1. The minimum Gasteiger partial charge on any atom is -0.506 e. The van der Waals surface area contributed by atoms with E-state index in [4.69, 9.17) is 26.8 Å². The molecule has 17 heavy (non-hydrogen) atoms. The van der Waals surface area contributed by atoms with Crippen molar-refractivity contribution in [3.8, 4) is 17.2 Å². The summed E-state index contributed by atoms with van der Waals surface area (Å²) in [7, 11) is 3.06. The van der Waals surface area contributed by atoms with Crippen molar-refractivity contribution in [1.82, 2.24) is 0 Å². The normalized spacial score (nSPS) is 16.7. The molecule has 0 heterocycles. The molecule has 1 aliphatic carbocycles. The number of ether oxygens (including phenoxy) is 2. The molecule has 4 nitrogen and oxygen atoms in total. The molecule has 94 valence electrons. The first kappa shape index (κ1) is 12.3. The van der Waals surface area contributed by atoms with Crippen LogP contribution < -0.4 is 15.2 Å². The molecule has 0 atom stereocenters. The Hall–Kier alpha value is -1.13. The summed E-state index contributed by atoms with van der Waals surface area (Å²) in [5, 5.41) is 10.2. The Morgan fingerprint density at radius 2 is 2.06 bits per heavy atom. The third-order valence-electron chi connectivity index (χ3n) is 3.11. The zero-order valence-electron chi connectivity index (χ0n) is 9.92. The van der Waals surface area contributed by atoms with Gasteiger partial charge in [-0.25, -0.2) is 0 Å². The largest absolute Gasteiger partial charge is 0.506 e. The van der Waals surface area contributed by atoms with Crippen molar-refractivity contribution in [1.29, 1.82) is 0 Å². The molecule has 1 aromatic carbocycles. The maximum atomic E-state index is 10.00. The number of rotatable bonds is 4. The number of hydrogen-bond donors (Lipinski definition) is 2. The van der Waals surface area contributed by atoms with Crippen molar-refractivity contribution >= 4 is 11.6 Å². The van der Waals surface area contributed by atoms with Gasteiger partial charge in [-0.05, 0) is 19.3 Å². The van der Waals surface area contributed by atoms with E-state index in [0.717, 1.165) is 12.8 Å². The molecule has 1 aromatic rings. The zero-order chi connectivity index (χ0) is 12.6. The summed E-state index contributed by atoms with van der Waals surface area (Å²) in [5.74, 6) is 1.04. The van der Waals surface area contributed by atoms with Crippen LogP contribution in [0.25, 0.3) is 0 Å². The lowest BCUT2D eigenvalue weighted by Gasteiger charge is -2.17. The highest BCUT2D eigenvalue weighted by molar-refractivity contribution is 6.32. The van der Waals surface area contributed by atoms with Gasteiger partial charge in [-0.2, -0.15) is 0 Å². The van der Waals surface area contributed by atoms with Crippen LogP contribution in [0, 0.1) is 0 Å². The molecule has 1 aliphatic rings. The highest BCUT2D eigenvalue weighted by Gasteiger charge is 2.40. The molecule has 1 saturated carbocycles. The number of methoxy groups -OCH3 is 2. The second kappa shape index (κ2) is 4.27. The first-order chi connectivity index (χ1) is 8.00. The van der Waals surface area contributed by atoms with E-state index in [1.165, 1.54) is 20.3 Å². The maximum absolute atomic E-state index is 10.00. The summed E-state index contributed by atoms with van der Waals surface area (Å²) < 4.78 is 10.5. The number of hydrogen-bond acceptors (Lipinski definition) is 4. The second-order valence-electron chi connectivity index (χ2n) is 4.46. The molecule has 0 spiro atoms. The van der Waals surface area contributed by atoms with E-state index < -0.39 is 0 Å². The summed E-state index contributed by atoms with van der Waals surface area (Å²) in [6.45, 7) is 0. The Morgan fingerprint density at radius 3 is 2.53 bits per heavy atom. The quantitative estimate of drug-likeness (QED) is 0.867. The van der Waals surface area contributed by atoms with E-state index in [1.54, 1.807) is 0 Å². The lowest BCUT2D eigenvalue weighted by atomic mass is 10.0. The molecular weight excluding hydrogens is 242 g/mol. The lowest BCUT2D eigenvalue weighted by Crippen LogP contribution is -2.24. The Morgan fingerprint density at radius 1 is 1.41 bits per heavy atom. The second-order valence-corrected chi connectivity index (χ2v) is 4.87. The lowest BCUT2D eigenvalue weighted by molar-refractivity contribution is 0.345. The maximum Gasteiger partial charge on any atom is 0.167 e. The van der Waals surface area contributed by atoms with Crippen LogP contribution in [0.1, 0.15) is 18.4 Å². The van der Waals surface area contributed by atoms with Gasteiger partial charge in [0.1, 0.15) is 5.75 Å². The first-order valence-electron chi connectivity index (χ1n) is 5.42. The van der Waals surface area contributed by atoms with Crippen LogP contribution >= 0.6 is 11.6 Å². The van der Waals surface area contributed by atoms with Gasteiger partial charge in [-0.15, -0.1) is 0 Å². The zero-order valence-corrected chi connectivity index (χ0v) is 10.7. The number of phenols is 1. The topological polar surface area (TPSA) is 64.7 Å². The van der Waals surface area contributed by atoms with Crippen LogP contribution in [-0.4, -0.2) is 24.9 Å². The van der Waals surface area contributed by atoms with Crippen molar-refractivity contribution in [2.24, 2.45) is 5.73 Å². The highest BCUT2D eigenvalue weighted by atomic mass is 35.5. The summed E-state index contributed by atoms with van der Waals surface area (Å²) in [4.78, 5) is 0. The van der Waals surface area contributed by atoms with Crippen LogP contribution in [0.15, 0.2) is 6.07 Å². The standard InChI is InChI=1S/C12H16ClNO3/c1-16-9-5-8(13)10(15)7(11(9)17-2)6-12(14)3-4-12/h5,15H,3-4,6,14H2,1-2H3. The molecule has 0 aromatic heterocycles. The van der Waals surface area contributed by atoms with Gasteiger partial charge in [0, 0.05) is 17.2 Å². The van der Waals surface area contributed by atoms with Gasteiger partial charge in [0.05, 0.1) is 19.2 Å². The van der Waals surface area contributed by atoms with Crippen molar-refractivity contribution in [2.45, 2.75) is 24.8 Å². The van der Waals surface area contributed by atoms with E-state index in [2.05, 4.69) is 0 Å².